The van der Waals surface area contributed by atoms with Gasteiger partial charge < -0.3 is 5.32 Å². The fourth-order valence-electron chi connectivity index (χ4n) is 2.68. The highest BCUT2D eigenvalue weighted by Crippen LogP contribution is 2.38. The van der Waals surface area contributed by atoms with Crippen LogP contribution in [0.1, 0.15) is 36.0 Å². The van der Waals surface area contributed by atoms with E-state index in [1.165, 1.54) is 12.8 Å². The van der Waals surface area contributed by atoms with Crippen LogP contribution in [-0.2, 0) is 0 Å². The van der Waals surface area contributed by atoms with Gasteiger partial charge in [0, 0.05) is 22.7 Å². The van der Waals surface area contributed by atoms with Crippen molar-refractivity contribution in [1.82, 2.24) is 5.32 Å². The Kier molecular flexibility index (Phi) is 5.17. The molecule has 0 bridgehead atoms. The third kappa shape index (κ3) is 3.46. The molecule has 1 saturated carbocycles. The van der Waals surface area contributed by atoms with E-state index in [9.17, 15) is 4.79 Å². The Hall–Kier alpha value is -0.670. The van der Waals surface area contributed by atoms with Crippen molar-refractivity contribution < 1.29 is 4.79 Å². The molecule has 0 atom stereocenters. The minimum absolute atomic E-state index is 0.0151. The van der Waals surface area contributed by atoms with Gasteiger partial charge in [-0.25, -0.2) is 0 Å². The molecule has 2 rings (SSSR count). The molecule has 1 aliphatic rings. The first-order valence-electron chi connectivity index (χ1n) is 6.68. The summed E-state index contributed by atoms with van der Waals surface area (Å²) in [4.78, 5) is 13.3. The summed E-state index contributed by atoms with van der Waals surface area (Å²) in [6.45, 7) is 0.693. The smallest absolute Gasteiger partial charge is 0.252 e. The zero-order valence-corrected chi connectivity index (χ0v) is 12.8. The van der Waals surface area contributed by atoms with Gasteiger partial charge in [0.1, 0.15) is 0 Å². The molecule has 0 unspecified atom stereocenters. The quantitative estimate of drug-likeness (QED) is 0.659. The first-order valence-corrected chi connectivity index (χ1v) is 8.44. The maximum atomic E-state index is 12.3. The summed E-state index contributed by atoms with van der Waals surface area (Å²) in [5.74, 6) is 0.651. The van der Waals surface area contributed by atoms with Crippen LogP contribution in [0.4, 0.5) is 0 Å². The molecule has 19 heavy (non-hydrogen) atoms. The number of carbonyl (C=O) groups is 1. The number of amides is 1. The van der Waals surface area contributed by atoms with E-state index in [1.807, 2.05) is 30.5 Å². The third-order valence-corrected chi connectivity index (χ3v) is 5.29. The van der Waals surface area contributed by atoms with Crippen molar-refractivity contribution in [3.63, 3.8) is 0 Å². The van der Waals surface area contributed by atoms with Crippen LogP contribution in [0.5, 0.6) is 0 Å². The zero-order chi connectivity index (χ0) is 13.7. The monoisotopic (exact) mass is 297 g/mol. The molecule has 1 aromatic rings. The Bertz CT molecular complexity index is 444. The maximum absolute atomic E-state index is 12.3. The Balaban J connectivity index is 2.01. The van der Waals surface area contributed by atoms with Crippen molar-refractivity contribution in [1.29, 1.82) is 0 Å². The highest BCUT2D eigenvalue weighted by Gasteiger charge is 2.33. The summed E-state index contributed by atoms with van der Waals surface area (Å²) in [6.07, 6.45) is 6.69. The van der Waals surface area contributed by atoms with E-state index in [2.05, 4.69) is 5.32 Å². The van der Waals surface area contributed by atoms with E-state index in [1.54, 1.807) is 11.8 Å². The Morgan fingerprint density at radius 2 is 2.05 bits per heavy atom. The lowest BCUT2D eigenvalue weighted by Gasteiger charge is -2.26. The molecular weight excluding hydrogens is 278 g/mol. The number of rotatable bonds is 5. The normalized spacial score (nSPS) is 17.4. The van der Waals surface area contributed by atoms with Crippen LogP contribution in [-0.4, -0.2) is 24.6 Å². The molecule has 1 amide bonds. The SMILES string of the molecule is CSc1ccccc1C(=O)NCC1(CCl)CCCC1. The molecule has 1 aromatic carbocycles. The lowest BCUT2D eigenvalue weighted by molar-refractivity contribution is 0.0932. The number of hydrogen-bond acceptors (Lipinski definition) is 2. The van der Waals surface area contributed by atoms with Crippen molar-refractivity contribution in [2.75, 3.05) is 18.7 Å². The van der Waals surface area contributed by atoms with Crippen LogP contribution >= 0.6 is 23.4 Å². The number of hydrogen-bond donors (Lipinski definition) is 1. The van der Waals surface area contributed by atoms with Crippen LogP contribution in [0.15, 0.2) is 29.2 Å². The van der Waals surface area contributed by atoms with Gasteiger partial charge in [0.05, 0.1) is 5.56 Å². The summed E-state index contributed by atoms with van der Waals surface area (Å²) in [5.41, 5.74) is 0.878. The topological polar surface area (TPSA) is 29.1 Å². The van der Waals surface area contributed by atoms with Crippen molar-refractivity contribution in [3.05, 3.63) is 29.8 Å². The second-order valence-corrected chi connectivity index (χ2v) is 6.34. The molecule has 1 N–H and O–H groups in total. The predicted molar refractivity (Wildman–Crippen MR) is 82.2 cm³/mol. The van der Waals surface area contributed by atoms with Gasteiger partial charge in [-0.15, -0.1) is 23.4 Å². The number of thioether (sulfide) groups is 1. The first kappa shape index (κ1) is 14.7. The minimum Gasteiger partial charge on any atom is -0.351 e. The van der Waals surface area contributed by atoms with Gasteiger partial charge in [-0.2, -0.15) is 0 Å². The van der Waals surface area contributed by atoms with Gasteiger partial charge in [-0.05, 0) is 31.2 Å². The molecule has 0 aliphatic heterocycles. The lowest BCUT2D eigenvalue weighted by Crippen LogP contribution is -2.37. The number of alkyl halides is 1. The number of nitrogens with one attached hydrogen (secondary N) is 1. The molecule has 0 saturated heterocycles. The van der Waals surface area contributed by atoms with E-state index < -0.39 is 0 Å². The fourth-order valence-corrected chi connectivity index (χ4v) is 3.63. The van der Waals surface area contributed by atoms with Gasteiger partial charge in [0.15, 0.2) is 0 Å². The van der Waals surface area contributed by atoms with Gasteiger partial charge >= 0.3 is 0 Å². The molecule has 0 aromatic heterocycles. The maximum Gasteiger partial charge on any atom is 0.252 e. The van der Waals surface area contributed by atoms with Crippen molar-refractivity contribution in [3.8, 4) is 0 Å². The van der Waals surface area contributed by atoms with Gasteiger partial charge in [0.2, 0.25) is 0 Å². The third-order valence-electron chi connectivity index (χ3n) is 3.92. The molecule has 104 valence electrons. The predicted octanol–water partition coefficient (Wildman–Crippen LogP) is 3.94. The van der Waals surface area contributed by atoms with E-state index in [4.69, 9.17) is 11.6 Å². The van der Waals surface area contributed by atoms with Crippen molar-refractivity contribution in [2.45, 2.75) is 30.6 Å². The Morgan fingerprint density at radius 1 is 1.37 bits per heavy atom. The minimum atomic E-state index is 0.0151. The van der Waals surface area contributed by atoms with Crippen LogP contribution in [0.2, 0.25) is 0 Å². The van der Waals surface area contributed by atoms with E-state index in [0.717, 1.165) is 23.3 Å². The molecule has 1 aliphatic carbocycles. The molecule has 0 radical (unpaired) electrons. The van der Waals surface area contributed by atoms with Crippen LogP contribution in [0.3, 0.4) is 0 Å². The van der Waals surface area contributed by atoms with Crippen LogP contribution in [0, 0.1) is 5.41 Å². The number of halogens is 1. The molecule has 0 heterocycles. The summed E-state index contributed by atoms with van der Waals surface area (Å²) in [5, 5.41) is 3.07. The van der Waals surface area contributed by atoms with Gasteiger partial charge in [0.25, 0.3) is 5.91 Å². The summed E-state index contributed by atoms with van der Waals surface area (Å²) in [7, 11) is 0. The molecule has 4 heteroatoms. The second-order valence-electron chi connectivity index (χ2n) is 5.22. The largest absolute Gasteiger partial charge is 0.351 e. The summed E-state index contributed by atoms with van der Waals surface area (Å²) < 4.78 is 0. The van der Waals surface area contributed by atoms with E-state index in [-0.39, 0.29) is 11.3 Å². The average Bonchev–Trinajstić information content (AvgIpc) is 2.94. The van der Waals surface area contributed by atoms with Crippen molar-refractivity contribution in [2.24, 2.45) is 5.41 Å². The van der Waals surface area contributed by atoms with Crippen LogP contribution in [0.25, 0.3) is 0 Å². The summed E-state index contributed by atoms with van der Waals surface area (Å²) in [6, 6.07) is 7.72. The highest BCUT2D eigenvalue weighted by molar-refractivity contribution is 7.98. The zero-order valence-electron chi connectivity index (χ0n) is 11.2. The molecule has 2 nitrogen and oxygen atoms in total. The fraction of sp³-hybridized carbons (Fsp3) is 0.533. The summed E-state index contributed by atoms with van der Waals surface area (Å²) >= 11 is 7.70. The second kappa shape index (κ2) is 6.67. The number of carbonyl (C=O) groups excluding carboxylic acids is 1. The molecule has 1 fully saturated rings. The Morgan fingerprint density at radius 3 is 2.68 bits per heavy atom. The first-order chi connectivity index (χ1) is 9.21. The highest BCUT2D eigenvalue weighted by atomic mass is 35.5. The average molecular weight is 298 g/mol. The van der Waals surface area contributed by atoms with Crippen molar-refractivity contribution >= 4 is 29.3 Å². The van der Waals surface area contributed by atoms with E-state index in [0.29, 0.717) is 12.4 Å². The van der Waals surface area contributed by atoms with Gasteiger partial charge in [-0.3, -0.25) is 4.79 Å². The molecule has 0 spiro atoms. The van der Waals surface area contributed by atoms with Gasteiger partial charge in [-0.1, -0.05) is 25.0 Å². The number of benzene rings is 1. The lowest BCUT2D eigenvalue weighted by atomic mass is 9.88. The van der Waals surface area contributed by atoms with Crippen LogP contribution < -0.4 is 5.32 Å². The molecular formula is C15H20ClNOS. The Labute approximate surface area is 124 Å². The van der Waals surface area contributed by atoms with E-state index >= 15 is 0 Å². The standard InChI is InChI=1S/C15H20ClNOS/c1-19-13-7-3-2-6-12(13)14(18)17-11-15(10-16)8-4-5-9-15/h2-3,6-7H,4-5,8-11H2,1H3,(H,17,18).